The number of aliphatic hydroxyl groups is 5. The molecule has 1 fully saturated rings. The molecule has 0 saturated carbocycles. The van der Waals surface area contributed by atoms with Gasteiger partial charge >= 0.3 is 16.4 Å². The summed E-state index contributed by atoms with van der Waals surface area (Å²) >= 11 is 0.421. The van der Waals surface area contributed by atoms with E-state index >= 15 is 0 Å². The molecule has 6 N–H and O–H groups in total. The maximum atomic E-state index is 11.6. The Kier molecular flexibility index (Phi) is 8.39. The van der Waals surface area contributed by atoms with Crippen LogP contribution in [0.25, 0.3) is 0 Å². The number of rotatable bonds is 7. The molecule has 1 aliphatic rings. The Balaban J connectivity index is 3.07. The van der Waals surface area contributed by atoms with E-state index in [2.05, 4.69) is 14.2 Å². The fourth-order valence-corrected chi connectivity index (χ4v) is 3.51. The van der Waals surface area contributed by atoms with Crippen molar-refractivity contribution in [3.8, 4) is 0 Å². The van der Waals surface area contributed by atoms with E-state index in [9.17, 15) is 33.6 Å². The van der Waals surface area contributed by atoms with Crippen LogP contribution < -0.4 is 0 Å². The molecular weight excluding hydrogens is 414 g/mol. The van der Waals surface area contributed by atoms with Crippen LogP contribution in [0.3, 0.4) is 0 Å². The smallest absolute Gasteiger partial charge is 0.466 e. The number of carbonyl (C=O) groups is 1. The number of methoxy groups -OCH3 is 1. The lowest BCUT2D eigenvalue weighted by Crippen LogP contribution is -2.57. The van der Waals surface area contributed by atoms with Crippen molar-refractivity contribution in [2.45, 2.75) is 48.8 Å². The molecular formula is C12H21NO12S2. The molecule has 0 aromatic rings. The first-order chi connectivity index (χ1) is 12.3. The predicted molar refractivity (Wildman–Crippen MR) is 88.7 cm³/mol. The van der Waals surface area contributed by atoms with Crippen LogP contribution in [0.4, 0.5) is 0 Å². The molecule has 0 aliphatic carbocycles. The van der Waals surface area contributed by atoms with Gasteiger partial charge in [0, 0.05) is 6.42 Å². The van der Waals surface area contributed by atoms with Gasteiger partial charge in [-0.25, -0.2) is 9.08 Å². The lowest BCUT2D eigenvalue weighted by Gasteiger charge is -2.39. The minimum absolute atomic E-state index is 0.421. The van der Waals surface area contributed by atoms with Crippen LogP contribution in [-0.2, 0) is 29.0 Å². The van der Waals surface area contributed by atoms with E-state index in [0.29, 0.717) is 11.8 Å². The summed E-state index contributed by atoms with van der Waals surface area (Å²) in [5.41, 5.74) is -3.60. The second kappa shape index (κ2) is 9.44. The Morgan fingerprint density at radius 2 is 1.85 bits per heavy atom. The highest BCUT2D eigenvalue weighted by Gasteiger charge is 2.45. The predicted octanol–water partition coefficient (Wildman–Crippen LogP) is -3.03. The number of carbonyl (C=O) groups excluding carboxylic acids is 1. The van der Waals surface area contributed by atoms with E-state index in [1.807, 2.05) is 0 Å². The van der Waals surface area contributed by atoms with Crippen LogP contribution in [0, 0.1) is 0 Å². The first-order valence-electron chi connectivity index (χ1n) is 7.33. The van der Waals surface area contributed by atoms with Crippen LogP contribution in [0.5, 0.6) is 0 Å². The molecule has 27 heavy (non-hydrogen) atoms. The number of esters is 1. The summed E-state index contributed by atoms with van der Waals surface area (Å²) in [5.74, 6) is -1.10. The average molecular weight is 435 g/mol. The summed E-state index contributed by atoms with van der Waals surface area (Å²) in [6.07, 6.45) is -7.01. The van der Waals surface area contributed by atoms with Crippen molar-refractivity contribution in [3.63, 3.8) is 0 Å². The zero-order chi connectivity index (χ0) is 21.0. The van der Waals surface area contributed by atoms with Gasteiger partial charge in [0.15, 0.2) is 5.60 Å². The fraction of sp³-hybridized carbons (Fsp3) is 0.833. The van der Waals surface area contributed by atoms with Crippen LogP contribution in [0.15, 0.2) is 5.16 Å². The standard InChI is InChI=1S/C12H21NO12S2/c1-12(19,11(18)23-2)3-6(13-25-27(20,21)22)26-10-9(17)8(16)7(15)5(4-14)24-10/h5,7-10,14-17,19H,3-4H2,1-2H3,(H,20,21,22). The van der Waals surface area contributed by atoms with Crippen molar-refractivity contribution in [2.75, 3.05) is 13.7 Å². The van der Waals surface area contributed by atoms with Gasteiger partial charge in [0.1, 0.15) is 34.9 Å². The van der Waals surface area contributed by atoms with Gasteiger partial charge in [0.2, 0.25) is 0 Å². The van der Waals surface area contributed by atoms with Gasteiger partial charge in [-0.2, -0.15) is 8.42 Å². The Labute approximate surface area is 158 Å². The van der Waals surface area contributed by atoms with Crippen molar-refractivity contribution < 1.29 is 57.1 Å². The molecule has 1 aliphatic heterocycles. The van der Waals surface area contributed by atoms with E-state index in [-0.39, 0.29) is 0 Å². The van der Waals surface area contributed by atoms with Gasteiger partial charge in [0.05, 0.1) is 13.7 Å². The highest BCUT2D eigenvalue weighted by atomic mass is 32.3. The molecule has 0 aromatic heterocycles. The van der Waals surface area contributed by atoms with Gasteiger partial charge in [-0.3, -0.25) is 4.55 Å². The summed E-state index contributed by atoms with van der Waals surface area (Å²) in [5, 5.41) is 51.4. The highest BCUT2D eigenvalue weighted by Crippen LogP contribution is 2.31. The molecule has 158 valence electrons. The van der Waals surface area contributed by atoms with Crippen molar-refractivity contribution in [3.05, 3.63) is 0 Å². The third kappa shape index (κ3) is 6.81. The third-order valence-corrected chi connectivity index (χ3v) is 4.83. The lowest BCUT2D eigenvalue weighted by molar-refractivity contribution is -0.205. The van der Waals surface area contributed by atoms with Crippen LogP contribution in [0.1, 0.15) is 13.3 Å². The molecule has 15 heteroatoms. The molecule has 1 saturated heterocycles. The second-order valence-corrected chi connectivity index (χ2v) is 7.92. The Hall–Kier alpha value is -1.04. The molecule has 0 bridgehead atoms. The number of hydrogen-bond acceptors (Lipinski definition) is 13. The SMILES string of the molecule is COC(=O)C(C)(O)CC(=NOS(=O)(=O)O)SC1OC(CO)C(O)C(O)C1O. The van der Waals surface area contributed by atoms with Crippen molar-refractivity contribution >= 4 is 33.2 Å². The zero-order valence-electron chi connectivity index (χ0n) is 14.2. The summed E-state index contributed by atoms with van der Waals surface area (Å²) in [6, 6.07) is 0. The topological polar surface area (TPSA) is 213 Å². The quantitative estimate of drug-likeness (QED) is 0.0772. The van der Waals surface area contributed by atoms with E-state index in [0.717, 1.165) is 14.0 Å². The molecule has 0 spiro atoms. The summed E-state index contributed by atoms with van der Waals surface area (Å²) in [7, 11) is -4.03. The van der Waals surface area contributed by atoms with Gasteiger partial charge < -0.3 is 35.0 Å². The van der Waals surface area contributed by atoms with Gasteiger partial charge in [-0.1, -0.05) is 16.9 Å². The molecule has 0 amide bonds. The van der Waals surface area contributed by atoms with E-state index in [1.54, 1.807) is 0 Å². The number of hydrogen-bond donors (Lipinski definition) is 6. The molecule has 6 atom stereocenters. The Bertz CT molecular complexity index is 649. The van der Waals surface area contributed by atoms with Crippen molar-refractivity contribution in [2.24, 2.45) is 5.16 Å². The maximum absolute atomic E-state index is 11.6. The Morgan fingerprint density at radius 1 is 1.26 bits per heavy atom. The minimum Gasteiger partial charge on any atom is -0.467 e. The summed E-state index contributed by atoms with van der Waals surface area (Å²) < 4.78 is 43.5. The molecule has 6 unspecified atom stereocenters. The van der Waals surface area contributed by atoms with Crippen molar-refractivity contribution in [1.29, 1.82) is 0 Å². The summed E-state index contributed by atoms with van der Waals surface area (Å²) in [4.78, 5) is 11.6. The molecule has 0 aromatic carbocycles. The van der Waals surface area contributed by atoms with E-state index in [1.165, 1.54) is 0 Å². The third-order valence-electron chi connectivity index (χ3n) is 3.45. The first kappa shape index (κ1) is 24.0. The number of nitrogens with zero attached hydrogens (tertiary/aromatic N) is 1. The van der Waals surface area contributed by atoms with Gasteiger partial charge in [-0.15, -0.1) is 0 Å². The molecule has 1 rings (SSSR count). The van der Waals surface area contributed by atoms with Crippen LogP contribution in [-0.4, -0.2) is 98.7 Å². The largest absolute Gasteiger partial charge is 0.467 e. The highest BCUT2D eigenvalue weighted by molar-refractivity contribution is 8.14. The van der Waals surface area contributed by atoms with Crippen LogP contribution >= 0.6 is 11.8 Å². The number of oxime groups is 1. The minimum atomic E-state index is -5.02. The monoisotopic (exact) mass is 435 g/mol. The second-order valence-electron chi connectivity index (χ2n) is 5.74. The van der Waals surface area contributed by atoms with Gasteiger partial charge in [0.25, 0.3) is 0 Å². The lowest BCUT2D eigenvalue weighted by atomic mass is 10.0. The maximum Gasteiger partial charge on any atom is 0.466 e. The summed E-state index contributed by atoms with van der Waals surface area (Å²) in [6.45, 7) is 0.311. The molecule has 13 nitrogen and oxygen atoms in total. The van der Waals surface area contributed by atoms with Gasteiger partial charge in [-0.05, 0) is 6.92 Å². The molecule has 1 heterocycles. The van der Waals surface area contributed by atoms with Crippen molar-refractivity contribution in [1.82, 2.24) is 0 Å². The van der Waals surface area contributed by atoms with Crippen LogP contribution in [0.2, 0.25) is 0 Å². The average Bonchev–Trinajstić information content (AvgIpc) is 2.58. The molecule has 0 radical (unpaired) electrons. The number of aliphatic hydroxyl groups excluding tert-OH is 4. The van der Waals surface area contributed by atoms with E-state index in [4.69, 9.17) is 14.4 Å². The first-order valence-corrected chi connectivity index (χ1v) is 9.57. The number of thioether (sulfide) groups is 1. The van der Waals surface area contributed by atoms with E-state index < -0.39 is 69.9 Å². The normalized spacial score (nSPS) is 31.9. The zero-order valence-corrected chi connectivity index (χ0v) is 15.8. The fourth-order valence-electron chi connectivity index (χ4n) is 2.07. The Morgan fingerprint density at radius 3 is 2.33 bits per heavy atom. The number of ether oxygens (including phenoxy) is 2.